The van der Waals surface area contributed by atoms with Gasteiger partial charge < -0.3 is 0 Å². The summed E-state index contributed by atoms with van der Waals surface area (Å²) in [6.45, 7) is 0. The largest absolute Gasteiger partial charge is 0.264 e. The van der Waals surface area contributed by atoms with E-state index < -0.39 is 5.41 Å². The van der Waals surface area contributed by atoms with E-state index in [1.54, 1.807) is 6.20 Å². The third kappa shape index (κ3) is 4.87. The predicted octanol–water partition coefficient (Wildman–Crippen LogP) is 12.6. The van der Waals surface area contributed by atoms with E-state index in [0.717, 1.165) is 50.3 Å². The minimum atomic E-state index is -0.431. The molecule has 2 aliphatic carbocycles. The summed E-state index contributed by atoms with van der Waals surface area (Å²) in [5, 5.41) is 0. The molecule has 0 bridgehead atoms. The highest BCUT2D eigenvalue weighted by Gasteiger charge is 2.51. The Kier molecular flexibility index (Phi) is 7.08. The summed E-state index contributed by atoms with van der Waals surface area (Å²) in [6, 6.07) is 67.6. The molecule has 55 heavy (non-hydrogen) atoms. The van der Waals surface area contributed by atoms with Crippen LogP contribution in [0.4, 0.5) is 0 Å². The van der Waals surface area contributed by atoms with Crippen LogP contribution in [0.15, 0.2) is 200 Å². The zero-order valence-electron chi connectivity index (χ0n) is 29.9. The van der Waals surface area contributed by atoms with Gasteiger partial charge in [-0.3, -0.25) is 4.98 Å². The fraction of sp³-hybridized carbons (Fsp3) is 0.0192. The monoisotopic (exact) mass is 699 g/mol. The molecule has 2 heterocycles. The van der Waals surface area contributed by atoms with Gasteiger partial charge in [-0.2, -0.15) is 0 Å². The Morgan fingerprint density at radius 2 is 0.818 bits per heavy atom. The molecule has 3 nitrogen and oxygen atoms in total. The second kappa shape index (κ2) is 12.4. The molecule has 0 saturated carbocycles. The van der Waals surface area contributed by atoms with Gasteiger partial charge >= 0.3 is 0 Å². The Bertz CT molecular complexity index is 2850. The summed E-state index contributed by atoms with van der Waals surface area (Å²) >= 11 is 0. The number of fused-ring (bicyclic) bond motifs is 10. The van der Waals surface area contributed by atoms with Crippen molar-refractivity contribution in [1.29, 1.82) is 0 Å². The summed E-state index contributed by atoms with van der Waals surface area (Å²) in [4.78, 5) is 14.9. The van der Waals surface area contributed by atoms with Crippen molar-refractivity contribution in [2.75, 3.05) is 0 Å². The molecule has 256 valence electrons. The fourth-order valence-corrected chi connectivity index (χ4v) is 8.96. The second-order valence-electron chi connectivity index (χ2n) is 14.4. The maximum absolute atomic E-state index is 5.36. The van der Waals surface area contributed by atoms with Crippen LogP contribution in [0.3, 0.4) is 0 Å². The predicted molar refractivity (Wildman–Crippen MR) is 223 cm³/mol. The fourth-order valence-electron chi connectivity index (χ4n) is 8.96. The van der Waals surface area contributed by atoms with Crippen LogP contribution in [0.25, 0.3) is 78.4 Å². The Labute approximate surface area is 320 Å². The molecule has 11 rings (SSSR count). The number of aromatic nitrogens is 3. The van der Waals surface area contributed by atoms with E-state index in [1.807, 2.05) is 18.3 Å². The maximum atomic E-state index is 5.36. The summed E-state index contributed by atoms with van der Waals surface area (Å²) in [5.41, 5.74) is 19.3. The molecule has 7 aromatic carbocycles. The zero-order chi connectivity index (χ0) is 36.3. The van der Waals surface area contributed by atoms with Gasteiger partial charge in [-0.15, -0.1) is 0 Å². The molecule has 9 aromatic rings. The highest BCUT2D eigenvalue weighted by molar-refractivity contribution is 5.96. The molecule has 1 spiro atoms. The van der Waals surface area contributed by atoms with Gasteiger partial charge in [0.2, 0.25) is 0 Å². The van der Waals surface area contributed by atoms with Crippen molar-refractivity contribution in [2.24, 2.45) is 0 Å². The van der Waals surface area contributed by atoms with Crippen molar-refractivity contribution in [3.63, 3.8) is 0 Å². The van der Waals surface area contributed by atoms with E-state index in [9.17, 15) is 0 Å². The molecule has 2 aliphatic rings. The van der Waals surface area contributed by atoms with Gasteiger partial charge in [0.15, 0.2) is 5.82 Å². The molecule has 0 N–H and O–H groups in total. The van der Waals surface area contributed by atoms with Crippen molar-refractivity contribution in [3.8, 4) is 78.4 Å². The molecular weight excluding hydrogens is 667 g/mol. The molecule has 0 fully saturated rings. The molecule has 0 atom stereocenters. The topological polar surface area (TPSA) is 38.7 Å². The first kappa shape index (κ1) is 31.3. The van der Waals surface area contributed by atoms with E-state index >= 15 is 0 Å². The molecule has 0 amide bonds. The van der Waals surface area contributed by atoms with Gasteiger partial charge in [0, 0.05) is 29.1 Å². The first-order chi connectivity index (χ1) is 27.3. The lowest BCUT2D eigenvalue weighted by molar-refractivity contribution is 0.794. The zero-order valence-corrected chi connectivity index (χ0v) is 29.9. The average molecular weight is 700 g/mol. The van der Waals surface area contributed by atoms with Crippen molar-refractivity contribution in [2.45, 2.75) is 5.41 Å². The second-order valence-corrected chi connectivity index (χ2v) is 14.4. The standard InChI is InChI=1S/C52H33N3/c1-2-12-34(13-3-1)37-14-10-15-39(30-37)51-54-49(36-25-23-35(24-26-36)40-16-11-29-53-33-40)32-50(55-51)38-27-28-44-43-19-6-9-22-47(43)52(48(44)31-38)45-20-7-4-17-41(45)42-18-5-8-21-46(42)52/h1-33H. The van der Waals surface area contributed by atoms with Gasteiger partial charge in [-0.05, 0) is 91.0 Å². The van der Waals surface area contributed by atoms with Crippen molar-refractivity contribution >= 4 is 0 Å². The minimum Gasteiger partial charge on any atom is -0.264 e. The van der Waals surface area contributed by atoms with Crippen LogP contribution >= 0.6 is 0 Å². The SMILES string of the molecule is c1ccc(-c2cccc(-c3nc(-c4ccc(-c5cccnc5)cc4)cc(-c4ccc5c(c4)C4(c6ccccc6-c6ccccc64)c4ccccc4-5)n3)c2)cc1. The highest BCUT2D eigenvalue weighted by atomic mass is 14.9. The van der Waals surface area contributed by atoms with E-state index in [2.05, 4.69) is 181 Å². The van der Waals surface area contributed by atoms with E-state index in [1.165, 1.54) is 44.5 Å². The quantitative estimate of drug-likeness (QED) is 0.179. The third-order valence-corrected chi connectivity index (χ3v) is 11.4. The smallest absolute Gasteiger partial charge is 0.160 e. The van der Waals surface area contributed by atoms with Crippen LogP contribution in [0.2, 0.25) is 0 Å². The minimum absolute atomic E-state index is 0.431. The number of pyridine rings is 1. The van der Waals surface area contributed by atoms with Gasteiger partial charge in [-0.25, -0.2) is 9.97 Å². The van der Waals surface area contributed by atoms with Gasteiger partial charge in [0.05, 0.1) is 16.8 Å². The first-order valence-electron chi connectivity index (χ1n) is 18.8. The molecule has 0 unspecified atom stereocenters. The lowest BCUT2D eigenvalue weighted by Crippen LogP contribution is -2.25. The number of hydrogen-bond acceptors (Lipinski definition) is 3. The Hall–Kier alpha value is -7.23. The molecule has 0 saturated heterocycles. The van der Waals surface area contributed by atoms with Crippen LogP contribution < -0.4 is 0 Å². The average Bonchev–Trinajstić information content (AvgIpc) is 3.74. The summed E-state index contributed by atoms with van der Waals surface area (Å²) in [7, 11) is 0. The normalized spacial score (nSPS) is 12.9. The summed E-state index contributed by atoms with van der Waals surface area (Å²) in [5.74, 6) is 0.691. The Morgan fingerprint density at radius 1 is 0.309 bits per heavy atom. The molecule has 3 heteroatoms. The first-order valence-corrected chi connectivity index (χ1v) is 18.8. The third-order valence-electron chi connectivity index (χ3n) is 11.4. The molecule has 2 aromatic heterocycles. The highest BCUT2D eigenvalue weighted by Crippen LogP contribution is 2.63. The lowest BCUT2D eigenvalue weighted by atomic mass is 9.70. The van der Waals surface area contributed by atoms with Gasteiger partial charge in [-0.1, -0.05) is 164 Å². The van der Waals surface area contributed by atoms with Crippen LogP contribution in [-0.2, 0) is 5.41 Å². The Balaban J connectivity index is 1.12. The van der Waals surface area contributed by atoms with Crippen LogP contribution in [0.1, 0.15) is 22.3 Å². The van der Waals surface area contributed by atoms with Crippen molar-refractivity contribution in [1.82, 2.24) is 15.0 Å². The molecule has 0 radical (unpaired) electrons. The van der Waals surface area contributed by atoms with Crippen LogP contribution in [-0.4, -0.2) is 15.0 Å². The number of nitrogens with zero attached hydrogens (tertiary/aromatic N) is 3. The van der Waals surface area contributed by atoms with Crippen LogP contribution in [0, 0.1) is 0 Å². The molecule has 0 aliphatic heterocycles. The van der Waals surface area contributed by atoms with Gasteiger partial charge in [0.1, 0.15) is 0 Å². The van der Waals surface area contributed by atoms with E-state index in [-0.39, 0.29) is 0 Å². The van der Waals surface area contributed by atoms with Crippen LogP contribution in [0.5, 0.6) is 0 Å². The van der Waals surface area contributed by atoms with Crippen molar-refractivity contribution < 1.29 is 0 Å². The summed E-state index contributed by atoms with van der Waals surface area (Å²) in [6.07, 6.45) is 3.70. The van der Waals surface area contributed by atoms with E-state index in [0.29, 0.717) is 5.82 Å². The number of benzene rings is 7. The summed E-state index contributed by atoms with van der Waals surface area (Å²) < 4.78 is 0. The maximum Gasteiger partial charge on any atom is 0.160 e. The Morgan fingerprint density at radius 3 is 1.47 bits per heavy atom. The van der Waals surface area contributed by atoms with E-state index in [4.69, 9.17) is 9.97 Å². The molecular formula is C52H33N3. The van der Waals surface area contributed by atoms with Gasteiger partial charge in [0.25, 0.3) is 0 Å². The number of rotatable bonds is 5. The van der Waals surface area contributed by atoms with Crippen molar-refractivity contribution in [3.05, 3.63) is 223 Å². The lowest BCUT2D eigenvalue weighted by Gasteiger charge is -2.30. The number of hydrogen-bond donors (Lipinski definition) is 0.